The molecule has 2 rings (SSSR count). The maximum Gasteiger partial charge on any atom is 0.119 e. The normalized spacial score (nSPS) is 19.2. The van der Waals surface area contributed by atoms with Crippen molar-refractivity contribution in [3.05, 3.63) is 29.8 Å². The number of nitrogens with one attached hydrogen (secondary N) is 1. The van der Waals surface area contributed by atoms with Gasteiger partial charge in [-0.3, -0.25) is 0 Å². The predicted octanol–water partition coefficient (Wildman–Crippen LogP) is 5.10. The van der Waals surface area contributed by atoms with Crippen LogP contribution in [0.1, 0.15) is 70.9 Å². The van der Waals surface area contributed by atoms with Gasteiger partial charge >= 0.3 is 0 Å². The van der Waals surface area contributed by atoms with Crippen LogP contribution in [0.4, 0.5) is 0 Å². The lowest BCUT2D eigenvalue weighted by molar-refractivity contribution is 0.146. The van der Waals surface area contributed by atoms with E-state index in [4.69, 9.17) is 4.74 Å². The molecule has 2 heteroatoms. The second-order valence-corrected chi connectivity index (χ2v) is 6.62. The molecule has 1 fully saturated rings. The van der Waals surface area contributed by atoms with E-state index in [0.29, 0.717) is 11.5 Å². The maximum atomic E-state index is 5.70. The molecule has 1 aromatic carbocycles. The van der Waals surface area contributed by atoms with Crippen LogP contribution in [0, 0.1) is 5.41 Å². The molecule has 1 atom stereocenters. The fraction of sp³-hybridized carbons (Fsp3) is 0.684. The molecule has 2 nitrogen and oxygen atoms in total. The molecule has 0 amide bonds. The van der Waals surface area contributed by atoms with Gasteiger partial charge in [0.2, 0.25) is 0 Å². The van der Waals surface area contributed by atoms with E-state index in [1.54, 1.807) is 0 Å². The highest BCUT2D eigenvalue weighted by atomic mass is 16.5. The van der Waals surface area contributed by atoms with Crippen molar-refractivity contribution >= 4 is 0 Å². The molecule has 0 aromatic heterocycles. The quantitative estimate of drug-likeness (QED) is 0.754. The zero-order valence-electron chi connectivity index (χ0n) is 14.0. The minimum absolute atomic E-state index is 0.389. The van der Waals surface area contributed by atoms with E-state index < -0.39 is 0 Å². The van der Waals surface area contributed by atoms with E-state index in [2.05, 4.69) is 50.4 Å². The summed E-state index contributed by atoms with van der Waals surface area (Å²) < 4.78 is 5.70. The summed E-state index contributed by atoms with van der Waals surface area (Å²) in [6.07, 6.45) is 7.86. The van der Waals surface area contributed by atoms with Gasteiger partial charge in [-0.1, -0.05) is 52.2 Å². The first-order valence-corrected chi connectivity index (χ1v) is 8.66. The molecule has 21 heavy (non-hydrogen) atoms. The minimum atomic E-state index is 0.389. The van der Waals surface area contributed by atoms with Crippen LogP contribution in [0.15, 0.2) is 24.3 Å². The Bertz CT molecular complexity index is 406. The Labute approximate surface area is 130 Å². The number of hydrogen-bond donors (Lipinski definition) is 1. The van der Waals surface area contributed by atoms with Crippen molar-refractivity contribution in [3.8, 4) is 5.75 Å². The molecule has 0 aliphatic heterocycles. The smallest absolute Gasteiger partial charge is 0.119 e. The largest absolute Gasteiger partial charge is 0.494 e. The standard InChI is InChI=1S/C19H31NO/c1-4-15-21-17-11-9-16(10-12-17)18(20-5-2)19(3)13-7-6-8-14-19/h9-12,18,20H,4-8,13-15H2,1-3H3. The van der Waals surface area contributed by atoms with Crippen LogP contribution >= 0.6 is 0 Å². The summed E-state index contributed by atoms with van der Waals surface area (Å²) in [5.41, 5.74) is 1.80. The van der Waals surface area contributed by atoms with Crippen molar-refractivity contribution in [2.45, 2.75) is 65.3 Å². The van der Waals surface area contributed by atoms with Gasteiger partial charge in [-0.15, -0.1) is 0 Å². The molecule has 1 aliphatic rings. The Morgan fingerprint density at radius 3 is 2.33 bits per heavy atom. The lowest BCUT2D eigenvalue weighted by Gasteiger charge is -2.41. The van der Waals surface area contributed by atoms with E-state index >= 15 is 0 Å². The molecule has 1 N–H and O–H groups in total. The number of rotatable bonds is 7. The topological polar surface area (TPSA) is 21.3 Å². The molecule has 1 saturated carbocycles. The van der Waals surface area contributed by atoms with Crippen LogP contribution in [0.25, 0.3) is 0 Å². The van der Waals surface area contributed by atoms with Gasteiger partial charge in [-0.25, -0.2) is 0 Å². The average molecular weight is 289 g/mol. The summed E-state index contributed by atoms with van der Waals surface area (Å²) in [4.78, 5) is 0. The summed E-state index contributed by atoms with van der Waals surface area (Å²) in [5.74, 6) is 0.990. The van der Waals surface area contributed by atoms with Crippen LogP contribution < -0.4 is 10.1 Å². The second-order valence-electron chi connectivity index (χ2n) is 6.62. The summed E-state index contributed by atoms with van der Waals surface area (Å²) in [6, 6.07) is 9.21. The van der Waals surface area contributed by atoms with Gasteiger partial charge in [0.25, 0.3) is 0 Å². The zero-order chi connectivity index (χ0) is 15.1. The van der Waals surface area contributed by atoms with E-state index in [1.807, 2.05) is 0 Å². The van der Waals surface area contributed by atoms with Gasteiger partial charge in [-0.2, -0.15) is 0 Å². The predicted molar refractivity (Wildman–Crippen MR) is 89.8 cm³/mol. The fourth-order valence-electron chi connectivity index (χ4n) is 3.60. The van der Waals surface area contributed by atoms with E-state index in [1.165, 1.54) is 37.7 Å². The summed E-state index contributed by atoms with van der Waals surface area (Å²) in [6.45, 7) is 8.63. The van der Waals surface area contributed by atoms with Gasteiger partial charge in [-0.05, 0) is 48.9 Å². The van der Waals surface area contributed by atoms with E-state index in [-0.39, 0.29) is 0 Å². The molecule has 0 radical (unpaired) electrons. The monoisotopic (exact) mass is 289 g/mol. The molecule has 0 bridgehead atoms. The van der Waals surface area contributed by atoms with Crippen molar-refractivity contribution in [2.75, 3.05) is 13.2 Å². The highest BCUT2D eigenvalue weighted by molar-refractivity contribution is 5.30. The van der Waals surface area contributed by atoms with Crippen molar-refractivity contribution in [1.29, 1.82) is 0 Å². The number of hydrogen-bond acceptors (Lipinski definition) is 2. The van der Waals surface area contributed by atoms with Gasteiger partial charge in [0, 0.05) is 6.04 Å². The summed E-state index contributed by atoms with van der Waals surface area (Å²) in [5, 5.41) is 3.73. The minimum Gasteiger partial charge on any atom is -0.494 e. The average Bonchev–Trinajstić information content (AvgIpc) is 2.52. The Morgan fingerprint density at radius 1 is 1.10 bits per heavy atom. The van der Waals surface area contributed by atoms with Crippen molar-refractivity contribution < 1.29 is 4.74 Å². The third kappa shape index (κ3) is 4.23. The lowest BCUT2D eigenvalue weighted by Crippen LogP contribution is -2.37. The number of ether oxygens (including phenoxy) is 1. The van der Waals surface area contributed by atoms with Gasteiger partial charge in [0.1, 0.15) is 5.75 Å². The maximum absolute atomic E-state index is 5.70. The van der Waals surface area contributed by atoms with Crippen LogP contribution in [0.5, 0.6) is 5.75 Å². The SMILES string of the molecule is CCCOc1ccc(C(NCC)C2(C)CCCCC2)cc1. The Hall–Kier alpha value is -1.02. The Kier molecular flexibility index (Phi) is 6.10. The van der Waals surface area contributed by atoms with Crippen molar-refractivity contribution in [3.63, 3.8) is 0 Å². The van der Waals surface area contributed by atoms with Crippen LogP contribution in [0.3, 0.4) is 0 Å². The molecular formula is C19H31NO. The first-order chi connectivity index (χ1) is 10.2. The van der Waals surface area contributed by atoms with Gasteiger partial charge in [0.15, 0.2) is 0 Å². The van der Waals surface area contributed by atoms with Crippen molar-refractivity contribution in [2.24, 2.45) is 5.41 Å². The van der Waals surface area contributed by atoms with E-state index in [0.717, 1.165) is 25.3 Å². The van der Waals surface area contributed by atoms with Crippen molar-refractivity contribution in [1.82, 2.24) is 5.32 Å². The molecule has 1 aliphatic carbocycles. The molecule has 1 unspecified atom stereocenters. The summed E-state index contributed by atoms with van der Waals surface area (Å²) >= 11 is 0. The third-order valence-electron chi connectivity index (χ3n) is 4.79. The molecule has 0 spiro atoms. The fourth-order valence-corrected chi connectivity index (χ4v) is 3.60. The first kappa shape index (κ1) is 16.4. The number of benzene rings is 1. The molecule has 0 heterocycles. The molecule has 1 aromatic rings. The Morgan fingerprint density at radius 2 is 1.76 bits per heavy atom. The van der Waals surface area contributed by atoms with Gasteiger partial charge < -0.3 is 10.1 Å². The zero-order valence-corrected chi connectivity index (χ0v) is 14.0. The lowest BCUT2D eigenvalue weighted by atomic mass is 9.68. The molecule has 118 valence electrons. The molecular weight excluding hydrogens is 258 g/mol. The highest BCUT2D eigenvalue weighted by Gasteiger charge is 2.35. The van der Waals surface area contributed by atoms with Crippen LogP contribution in [-0.4, -0.2) is 13.2 Å². The van der Waals surface area contributed by atoms with E-state index in [9.17, 15) is 0 Å². The highest BCUT2D eigenvalue weighted by Crippen LogP contribution is 2.45. The van der Waals surface area contributed by atoms with Gasteiger partial charge in [0.05, 0.1) is 6.61 Å². The Balaban J connectivity index is 2.13. The summed E-state index contributed by atoms with van der Waals surface area (Å²) in [7, 11) is 0. The second kappa shape index (κ2) is 7.84. The molecule has 0 saturated heterocycles. The first-order valence-electron chi connectivity index (χ1n) is 8.66. The third-order valence-corrected chi connectivity index (χ3v) is 4.79. The van der Waals surface area contributed by atoms with Crippen LogP contribution in [0.2, 0.25) is 0 Å². The van der Waals surface area contributed by atoms with Crippen LogP contribution in [-0.2, 0) is 0 Å².